The largest absolute Gasteiger partial charge is 0.508 e. The van der Waals surface area contributed by atoms with Gasteiger partial charge in [0.05, 0.1) is 5.69 Å². The van der Waals surface area contributed by atoms with Gasteiger partial charge in [0, 0.05) is 36.3 Å². The van der Waals surface area contributed by atoms with Crippen molar-refractivity contribution in [2.75, 3.05) is 13.1 Å². The minimum Gasteiger partial charge on any atom is -0.508 e. The molecule has 2 N–H and O–H groups in total. The molecule has 100 valence electrons. The molecule has 1 aliphatic rings. The van der Waals surface area contributed by atoms with E-state index in [4.69, 9.17) is 0 Å². The van der Waals surface area contributed by atoms with Crippen LogP contribution in [0.25, 0.3) is 11.3 Å². The van der Waals surface area contributed by atoms with Gasteiger partial charge in [0.2, 0.25) is 0 Å². The van der Waals surface area contributed by atoms with Gasteiger partial charge in [-0.15, -0.1) is 0 Å². The smallest absolute Gasteiger partial charge is 0.115 e. The third-order valence-corrected chi connectivity index (χ3v) is 3.69. The number of phenols is 1. The van der Waals surface area contributed by atoms with Crippen molar-refractivity contribution in [3.63, 3.8) is 0 Å². The number of nitrogens with zero attached hydrogens (tertiary/aromatic N) is 2. The number of fused-ring (bicyclic) bond motifs is 1. The van der Waals surface area contributed by atoms with Crippen LogP contribution >= 0.6 is 0 Å². The molecule has 0 unspecified atom stereocenters. The Morgan fingerprint density at radius 2 is 2.11 bits per heavy atom. The van der Waals surface area contributed by atoms with Crippen molar-refractivity contribution in [3.05, 3.63) is 35.5 Å². The topological polar surface area (TPSA) is 52.2 Å². The van der Waals surface area contributed by atoms with Crippen LogP contribution in [0.3, 0.4) is 0 Å². The molecule has 0 saturated heterocycles. The molecule has 0 atom stereocenters. The van der Waals surface area contributed by atoms with Crippen molar-refractivity contribution < 1.29 is 5.11 Å². The minimum atomic E-state index is 0.292. The molecule has 1 aliphatic heterocycles. The maximum Gasteiger partial charge on any atom is 0.115 e. The summed E-state index contributed by atoms with van der Waals surface area (Å²) in [5, 5.41) is 17.0. The van der Waals surface area contributed by atoms with Crippen LogP contribution in [0.5, 0.6) is 5.75 Å². The van der Waals surface area contributed by atoms with Crippen molar-refractivity contribution in [2.45, 2.75) is 26.3 Å². The van der Waals surface area contributed by atoms with Gasteiger partial charge in [0.25, 0.3) is 0 Å². The number of nitrogens with one attached hydrogen (secondary N) is 1. The Morgan fingerprint density at radius 1 is 1.32 bits per heavy atom. The Balaban J connectivity index is 1.92. The molecule has 1 aromatic heterocycles. The minimum absolute atomic E-state index is 0.292. The van der Waals surface area contributed by atoms with Gasteiger partial charge >= 0.3 is 0 Å². The first-order valence-corrected chi connectivity index (χ1v) is 6.86. The fraction of sp³-hybridized carbons (Fsp3) is 0.400. The maximum atomic E-state index is 9.37. The van der Waals surface area contributed by atoms with Gasteiger partial charge in [0.1, 0.15) is 5.75 Å². The van der Waals surface area contributed by atoms with Crippen LogP contribution in [0.4, 0.5) is 0 Å². The first-order chi connectivity index (χ1) is 9.28. The SMILES string of the molecule is CCCN1CCc2[nH]nc(-c3ccc(O)cc3)c2C1. The van der Waals surface area contributed by atoms with E-state index in [1.54, 1.807) is 12.1 Å². The van der Waals surface area contributed by atoms with Gasteiger partial charge in [-0.05, 0) is 37.2 Å². The second-order valence-electron chi connectivity index (χ2n) is 5.10. The summed E-state index contributed by atoms with van der Waals surface area (Å²) in [7, 11) is 0. The maximum absolute atomic E-state index is 9.37. The molecule has 4 nitrogen and oxygen atoms in total. The quantitative estimate of drug-likeness (QED) is 0.888. The lowest BCUT2D eigenvalue weighted by atomic mass is 10.0. The molecule has 0 radical (unpaired) electrons. The molecule has 0 fully saturated rings. The van der Waals surface area contributed by atoms with Gasteiger partial charge in [-0.25, -0.2) is 0 Å². The van der Waals surface area contributed by atoms with E-state index < -0.39 is 0 Å². The van der Waals surface area contributed by atoms with Crippen LogP contribution in [0, 0.1) is 0 Å². The summed E-state index contributed by atoms with van der Waals surface area (Å²) < 4.78 is 0. The lowest BCUT2D eigenvalue weighted by Crippen LogP contribution is -2.31. The lowest BCUT2D eigenvalue weighted by molar-refractivity contribution is 0.254. The molecule has 2 aromatic rings. The second kappa shape index (κ2) is 5.05. The van der Waals surface area contributed by atoms with E-state index in [1.165, 1.54) is 17.7 Å². The van der Waals surface area contributed by atoms with E-state index >= 15 is 0 Å². The van der Waals surface area contributed by atoms with Gasteiger partial charge in [-0.1, -0.05) is 6.92 Å². The van der Waals surface area contributed by atoms with Gasteiger partial charge < -0.3 is 5.11 Å². The molecule has 2 heterocycles. The predicted molar refractivity (Wildman–Crippen MR) is 75.0 cm³/mol. The van der Waals surface area contributed by atoms with Crippen molar-refractivity contribution in [3.8, 4) is 17.0 Å². The number of phenolic OH excluding ortho intramolecular Hbond substituents is 1. The van der Waals surface area contributed by atoms with Crippen molar-refractivity contribution in [1.82, 2.24) is 15.1 Å². The molecule has 0 spiro atoms. The Hall–Kier alpha value is -1.81. The summed E-state index contributed by atoms with van der Waals surface area (Å²) in [6.45, 7) is 5.43. The number of rotatable bonds is 3. The Bertz CT molecular complexity index is 559. The summed E-state index contributed by atoms with van der Waals surface area (Å²) in [5.74, 6) is 0.292. The zero-order valence-corrected chi connectivity index (χ0v) is 11.2. The van der Waals surface area contributed by atoms with Crippen LogP contribution < -0.4 is 0 Å². The van der Waals surface area contributed by atoms with Crippen LogP contribution in [0.15, 0.2) is 24.3 Å². The summed E-state index contributed by atoms with van der Waals surface area (Å²) in [6.07, 6.45) is 2.22. The molecule has 0 amide bonds. The first-order valence-electron chi connectivity index (χ1n) is 6.86. The lowest BCUT2D eigenvalue weighted by Gasteiger charge is -2.26. The molecule has 3 rings (SSSR count). The third kappa shape index (κ3) is 2.36. The van der Waals surface area contributed by atoms with Crippen LogP contribution in [-0.2, 0) is 13.0 Å². The molecule has 0 bridgehead atoms. The van der Waals surface area contributed by atoms with Crippen molar-refractivity contribution in [2.24, 2.45) is 0 Å². The molecule has 0 aliphatic carbocycles. The van der Waals surface area contributed by atoms with E-state index in [0.29, 0.717) is 5.75 Å². The monoisotopic (exact) mass is 257 g/mol. The first kappa shape index (κ1) is 12.2. The molecule has 19 heavy (non-hydrogen) atoms. The highest BCUT2D eigenvalue weighted by Crippen LogP contribution is 2.29. The molecular weight excluding hydrogens is 238 g/mol. The van der Waals surface area contributed by atoms with Crippen molar-refractivity contribution in [1.29, 1.82) is 0 Å². The van der Waals surface area contributed by atoms with E-state index in [9.17, 15) is 5.11 Å². The van der Waals surface area contributed by atoms with Gasteiger partial charge in [0.15, 0.2) is 0 Å². The Kier molecular flexibility index (Phi) is 3.25. The second-order valence-corrected chi connectivity index (χ2v) is 5.10. The Morgan fingerprint density at radius 3 is 2.84 bits per heavy atom. The van der Waals surface area contributed by atoms with Crippen LogP contribution in [0.2, 0.25) is 0 Å². The third-order valence-electron chi connectivity index (χ3n) is 3.69. The van der Waals surface area contributed by atoms with Gasteiger partial charge in [-0.2, -0.15) is 5.10 Å². The fourth-order valence-corrected chi connectivity index (χ4v) is 2.72. The number of hydrogen-bond donors (Lipinski definition) is 2. The number of benzene rings is 1. The Labute approximate surface area is 113 Å². The summed E-state index contributed by atoms with van der Waals surface area (Å²) in [5.41, 5.74) is 4.66. The fourth-order valence-electron chi connectivity index (χ4n) is 2.72. The highest BCUT2D eigenvalue weighted by atomic mass is 16.3. The van der Waals surface area contributed by atoms with Gasteiger partial charge in [-0.3, -0.25) is 10.00 Å². The molecular formula is C15H19N3O. The number of hydrogen-bond acceptors (Lipinski definition) is 3. The van der Waals surface area contributed by atoms with E-state index in [1.807, 2.05) is 12.1 Å². The number of aromatic hydroxyl groups is 1. The normalized spacial score (nSPS) is 15.4. The molecule has 0 saturated carbocycles. The number of aromatic amines is 1. The zero-order chi connectivity index (χ0) is 13.2. The molecule has 4 heteroatoms. The standard InChI is InChI=1S/C15H19N3O/c1-2-8-18-9-7-14-13(10-18)15(17-16-14)11-3-5-12(19)6-4-11/h3-6,19H,2,7-10H2,1H3,(H,16,17). The highest BCUT2D eigenvalue weighted by molar-refractivity contribution is 5.65. The van der Waals surface area contributed by atoms with Crippen LogP contribution in [0.1, 0.15) is 24.6 Å². The summed E-state index contributed by atoms with van der Waals surface area (Å²) >= 11 is 0. The number of aromatic nitrogens is 2. The average Bonchev–Trinajstić information content (AvgIpc) is 2.83. The van der Waals surface area contributed by atoms with E-state index in [2.05, 4.69) is 22.0 Å². The highest BCUT2D eigenvalue weighted by Gasteiger charge is 2.22. The average molecular weight is 257 g/mol. The van der Waals surface area contributed by atoms with E-state index in [0.717, 1.165) is 37.3 Å². The summed E-state index contributed by atoms with van der Waals surface area (Å²) in [4.78, 5) is 2.47. The summed E-state index contributed by atoms with van der Waals surface area (Å²) in [6, 6.07) is 7.27. The van der Waals surface area contributed by atoms with E-state index in [-0.39, 0.29) is 0 Å². The zero-order valence-electron chi connectivity index (χ0n) is 11.2. The van der Waals surface area contributed by atoms with Crippen molar-refractivity contribution >= 4 is 0 Å². The molecule has 1 aromatic carbocycles. The van der Waals surface area contributed by atoms with Crippen LogP contribution in [-0.4, -0.2) is 33.3 Å². The predicted octanol–water partition coefficient (Wildman–Crippen LogP) is 2.55. The number of H-pyrrole nitrogens is 1.